The Labute approximate surface area is 199 Å². The first-order valence-corrected chi connectivity index (χ1v) is 11.3. The van der Waals surface area contributed by atoms with Gasteiger partial charge >= 0.3 is 6.03 Å². The average Bonchev–Trinajstić information content (AvgIpc) is 3.18. The Hall–Kier alpha value is -3.32. The molecule has 1 heterocycles. The normalized spacial score (nSPS) is 11.2. The molecule has 7 nitrogen and oxygen atoms in total. The maximum absolute atomic E-state index is 13.0. The van der Waals surface area contributed by atoms with Crippen LogP contribution in [0.4, 0.5) is 16.3 Å². The average molecular weight is 468 g/mol. The molecule has 3 aromatic rings. The summed E-state index contributed by atoms with van der Waals surface area (Å²) in [6.45, 7) is 8.51. The van der Waals surface area contributed by atoms with E-state index in [-0.39, 0.29) is 23.9 Å². The molecule has 0 bridgehead atoms. The lowest BCUT2D eigenvalue weighted by Crippen LogP contribution is -2.41. The maximum atomic E-state index is 13.0. The zero-order chi connectivity index (χ0) is 24.0. The third kappa shape index (κ3) is 6.58. The number of carbonyl (C=O) groups excluding carboxylic acids is 2. The Morgan fingerprint density at radius 1 is 1.03 bits per heavy atom. The van der Waals surface area contributed by atoms with Gasteiger partial charge in [0.1, 0.15) is 12.4 Å². The number of nitrogens with one attached hydrogen (secondary N) is 2. The lowest BCUT2D eigenvalue weighted by Gasteiger charge is -2.22. The second-order valence-corrected chi connectivity index (χ2v) is 9.26. The van der Waals surface area contributed by atoms with Gasteiger partial charge in [0.25, 0.3) is 0 Å². The second-order valence-electron chi connectivity index (χ2n) is 8.82. The Morgan fingerprint density at radius 2 is 1.76 bits per heavy atom. The van der Waals surface area contributed by atoms with Gasteiger partial charge in [-0.2, -0.15) is 5.10 Å². The van der Waals surface area contributed by atoms with Crippen LogP contribution in [-0.4, -0.2) is 39.7 Å². The summed E-state index contributed by atoms with van der Waals surface area (Å²) in [4.78, 5) is 27.2. The molecule has 0 atom stereocenters. The quantitative estimate of drug-likeness (QED) is 0.467. The Morgan fingerprint density at radius 3 is 2.39 bits per heavy atom. The van der Waals surface area contributed by atoms with Gasteiger partial charge in [-0.15, -0.1) is 0 Å². The minimum atomic E-state index is -0.360. The molecule has 0 aliphatic rings. The zero-order valence-electron chi connectivity index (χ0n) is 19.4. The number of benzene rings is 2. The van der Waals surface area contributed by atoms with Crippen LogP contribution in [0.1, 0.15) is 39.8 Å². The first-order chi connectivity index (χ1) is 15.7. The van der Waals surface area contributed by atoms with E-state index in [1.165, 1.54) is 4.90 Å². The molecule has 8 heteroatoms. The van der Waals surface area contributed by atoms with Gasteiger partial charge in [-0.1, -0.05) is 63.6 Å². The van der Waals surface area contributed by atoms with Crippen LogP contribution < -0.4 is 10.6 Å². The van der Waals surface area contributed by atoms with Crippen molar-refractivity contribution in [2.75, 3.05) is 23.7 Å². The fourth-order valence-electron chi connectivity index (χ4n) is 3.25. The highest BCUT2D eigenvalue weighted by atomic mass is 35.5. The highest BCUT2D eigenvalue weighted by Gasteiger charge is 2.23. The molecule has 1 aromatic heterocycles. The number of halogens is 1. The predicted molar refractivity (Wildman–Crippen MR) is 133 cm³/mol. The Balaban J connectivity index is 1.77. The first kappa shape index (κ1) is 24.3. The van der Waals surface area contributed by atoms with E-state index in [1.54, 1.807) is 28.9 Å². The van der Waals surface area contributed by atoms with Crippen LogP contribution in [0, 0.1) is 0 Å². The number of anilines is 2. The van der Waals surface area contributed by atoms with E-state index in [1.807, 2.05) is 43.3 Å². The number of hydrogen-bond acceptors (Lipinski definition) is 3. The summed E-state index contributed by atoms with van der Waals surface area (Å²) in [6, 6.07) is 18.0. The SMILES string of the molecule is CCCN(CC(=O)Nc1cc(C(C)(C)C)nn1-c1ccccc1)C(=O)Nc1cccc(Cl)c1. The Bertz CT molecular complexity index is 1110. The second kappa shape index (κ2) is 10.5. The summed E-state index contributed by atoms with van der Waals surface area (Å²) in [7, 11) is 0. The van der Waals surface area contributed by atoms with Crippen LogP contribution in [-0.2, 0) is 10.2 Å². The molecule has 3 amide bonds. The summed E-state index contributed by atoms with van der Waals surface area (Å²) in [5, 5.41) is 11.0. The smallest absolute Gasteiger partial charge is 0.315 e. The van der Waals surface area contributed by atoms with Crippen molar-refractivity contribution in [3.05, 3.63) is 71.4 Å². The van der Waals surface area contributed by atoms with Crippen LogP contribution in [0.2, 0.25) is 5.02 Å². The topological polar surface area (TPSA) is 79.3 Å². The number of amides is 3. The summed E-state index contributed by atoms with van der Waals surface area (Å²) in [5.41, 5.74) is 2.08. The van der Waals surface area contributed by atoms with Crippen molar-refractivity contribution in [2.24, 2.45) is 0 Å². The molecule has 3 rings (SSSR count). The zero-order valence-corrected chi connectivity index (χ0v) is 20.2. The van der Waals surface area contributed by atoms with Gasteiger partial charge in [0, 0.05) is 28.7 Å². The van der Waals surface area contributed by atoms with E-state index in [0.29, 0.717) is 29.5 Å². The van der Waals surface area contributed by atoms with Gasteiger partial charge in [-0.3, -0.25) is 4.79 Å². The van der Waals surface area contributed by atoms with Gasteiger partial charge in [0.15, 0.2) is 0 Å². The third-order valence-corrected chi connectivity index (χ3v) is 5.17. The summed E-state index contributed by atoms with van der Waals surface area (Å²) >= 11 is 6.01. The monoisotopic (exact) mass is 467 g/mol. The third-order valence-electron chi connectivity index (χ3n) is 4.94. The van der Waals surface area contributed by atoms with Gasteiger partial charge in [-0.25, -0.2) is 9.48 Å². The molecular formula is C25H30ClN5O2. The molecule has 0 fully saturated rings. The molecule has 33 heavy (non-hydrogen) atoms. The minimum Gasteiger partial charge on any atom is -0.315 e. The fourth-order valence-corrected chi connectivity index (χ4v) is 3.44. The molecule has 174 valence electrons. The number of para-hydroxylation sites is 1. The highest BCUT2D eigenvalue weighted by Crippen LogP contribution is 2.26. The van der Waals surface area contributed by atoms with Crippen molar-refractivity contribution < 1.29 is 9.59 Å². The van der Waals surface area contributed by atoms with Crippen molar-refractivity contribution in [3.63, 3.8) is 0 Å². The molecule has 2 aromatic carbocycles. The summed E-state index contributed by atoms with van der Waals surface area (Å²) in [6.07, 6.45) is 0.715. The van der Waals surface area contributed by atoms with Crippen LogP contribution >= 0.6 is 11.6 Å². The summed E-state index contributed by atoms with van der Waals surface area (Å²) in [5.74, 6) is 0.255. The van der Waals surface area contributed by atoms with E-state index in [2.05, 4.69) is 31.4 Å². The van der Waals surface area contributed by atoms with Gasteiger partial charge in [0.2, 0.25) is 5.91 Å². The lowest BCUT2D eigenvalue weighted by molar-refractivity contribution is -0.116. The molecular weight excluding hydrogens is 438 g/mol. The van der Waals surface area contributed by atoms with Gasteiger partial charge in [-0.05, 0) is 36.8 Å². The predicted octanol–water partition coefficient (Wildman–Crippen LogP) is 5.71. The molecule has 0 saturated carbocycles. The molecule has 0 saturated heterocycles. The number of rotatable bonds is 7. The van der Waals surface area contributed by atoms with Crippen LogP contribution in [0.5, 0.6) is 0 Å². The maximum Gasteiger partial charge on any atom is 0.322 e. The first-order valence-electron chi connectivity index (χ1n) is 10.9. The summed E-state index contributed by atoms with van der Waals surface area (Å²) < 4.78 is 1.72. The van der Waals surface area contributed by atoms with Crippen molar-refractivity contribution in [3.8, 4) is 5.69 Å². The standard InChI is InChI=1S/C25H30ClN5O2/c1-5-14-30(24(33)27-19-11-9-10-18(26)15-19)17-23(32)28-22-16-21(25(2,3)4)29-31(22)20-12-7-6-8-13-20/h6-13,15-16H,5,14,17H2,1-4H3,(H,27,33)(H,28,32). The van der Waals surface area contributed by atoms with Crippen molar-refractivity contribution in [2.45, 2.75) is 39.5 Å². The molecule has 0 aliphatic carbocycles. The van der Waals surface area contributed by atoms with E-state index < -0.39 is 0 Å². The van der Waals surface area contributed by atoms with Gasteiger partial charge < -0.3 is 15.5 Å². The number of urea groups is 1. The van der Waals surface area contributed by atoms with E-state index in [0.717, 1.165) is 11.4 Å². The van der Waals surface area contributed by atoms with Crippen molar-refractivity contribution in [1.82, 2.24) is 14.7 Å². The number of aromatic nitrogens is 2. The fraction of sp³-hybridized carbons (Fsp3) is 0.320. The minimum absolute atomic E-state index is 0.0922. The van der Waals surface area contributed by atoms with Crippen molar-refractivity contribution in [1.29, 1.82) is 0 Å². The van der Waals surface area contributed by atoms with Crippen molar-refractivity contribution >= 4 is 35.0 Å². The number of nitrogens with zero attached hydrogens (tertiary/aromatic N) is 3. The number of carbonyl (C=O) groups is 2. The largest absolute Gasteiger partial charge is 0.322 e. The van der Waals surface area contributed by atoms with E-state index >= 15 is 0 Å². The van der Waals surface area contributed by atoms with Gasteiger partial charge in [0.05, 0.1) is 11.4 Å². The van der Waals surface area contributed by atoms with Crippen LogP contribution in [0.25, 0.3) is 5.69 Å². The lowest BCUT2D eigenvalue weighted by atomic mass is 9.92. The molecule has 0 unspecified atom stereocenters. The highest BCUT2D eigenvalue weighted by molar-refractivity contribution is 6.30. The Kier molecular flexibility index (Phi) is 7.76. The molecule has 2 N–H and O–H groups in total. The molecule has 0 radical (unpaired) electrons. The molecule has 0 aliphatic heterocycles. The van der Waals surface area contributed by atoms with Crippen LogP contribution in [0.3, 0.4) is 0 Å². The molecule has 0 spiro atoms. The van der Waals surface area contributed by atoms with E-state index in [4.69, 9.17) is 16.7 Å². The van der Waals surface area contributed by atoms with E-state index in [9.17, 15) is 9.59 Å². The van der Waals surface area contributed by atoms with Crippen LogP contribution in [0.15, 0.2) is 60.7 Å². The number of hydrogen-bond donors (Lipinski definition) is 2.